The molecule has 2 saturated carbocycles. The van der Waals surface area contributed by atoms with E-state index in [2.05, 4.69) is 17.5 Å². The molecule has 0 aromatic heterocycles. The molecule has 3 nitrogen and oxygen atoms in total. The van der Waals surface area contributed by atoms with Gasteiger partial charge in [0.25, 0.3) is 0 Å². The first kappa shape index (κ1) is 13.6. The Morgan fingerprint density at radius 2 is 2.25 bits per heavy atom. The second-order valence-electron chi connectivity index (χ2n) is 6.09. The number of rotatable bonds is 3. The van der Waals surface area contributed by atoms with Gasteiger partial charge in [-0.2, -0.15) is 5.10 Å². The van der Waals surface area contributed by atoms with Gasteiger partial charge < -0.3 is 0 Å². The topological polar surface area (TPSA) is 41.5 Å². The number of hydrazone groups is 1. The van der Waals surface area contributed by atoms with Crippen molar-refractivity contribution in [3.8, 4) is 0 Å². The molecule has 0 heterocycles. The molecule has 2 fully saturated rings. The monoisotopic (exact) mass is 290 g/mol. The van der Waals surface area contributed by atoms with Gasteiger partial charge in [0.1, 0.15) is 0 Å². The van der Waals surface area contributed by atoms with Crippen LogP contribution in [0.1, 0.15) is 38.2 Å². The number of hydrogen-bond acceptors (Lipinski definition) is 2. The minimum absolute atomic E-state index is 0.0581. The highest BCUT2D eigenvalue weighted by Crippen LogP contribution is 2.66. The van der Waals surface area contributed by atoms with Gasteiger partial charge in [-0.15, -0.1) is 0 Å². The van der Waals surface area contributed by atoms with E-state index in [1.165, 1.54) is 25.7 Å². The van der Waals surface area contributed by atoms with Crippen molar-refractivity contribution in [1.82, 2.24) is 5.43 Å². The normalized spacial score (nSPS) is 31.9. The lowest BCUT2D eigenvalue weighted by atomic mass is 9.90. The summed E-state index contributed by atoms with van der Waals surface area (Å²) in [6.45, 7) is 2.23. The highest BCUT2D eigenvalue weighted by Gasteiger charge is 2.64. The van der Waals surface area contributed by atoms with Gasteiger partial charge in [0.2, 0.25) is 5.91 Å². The zero-order chi connectivity index (χ0) is 14.2. The van der Waals surface area contributed by atoms with Gasteiger partial charge in [0.15, 0.2) is 0 Å². The average molecular weight is 291 g/mol. The molecule has 1 N–H and O–H groups in total. The Bertz CT molecular complexity index is 557. The van der Waals surface area contributed by atoms with Gasteiger partial charge in [-0.25, -0.2) is 5.43 Å². The summed E-state index contributed by atoms with van der Waals surface area (Å²) in [6, 6.07) is 7.44. The number of hydrogen-bond donors (Lipinski definition) is 1. The van der Waals surface area contributed by atoms with E-state index in [-0.39, 0.29) is 17.2 Å². The third-order valence-corrected chi connectivity index (χ3v) is 5.24. The number of fused-ring (bicyclic) bond motifs is 1. The fraction of sp³-hybridized carbons (Fsp3) is 0.500. The first-order chi connectivity index (χ1) is 9.63. The van der Waals surface area contributed by atoms with Gasteiger partial charge >= 0.3 is 0 Å². The number of amides is 1. The highest BCUT2D eigenvalue weighted by molar-refractivity contribution is 6.33. The van der Waals surface area contributed by atoms with Crippen LogP contribution in [0.25, 0.3) is 0 Å². The second kappa shape index (κ2) is 5.21. The van der Waals surface area contributed by atoms with Crippen LogP contribution in [0.2, 0.25) is 5.02 Å². The molecule has 3 atom stereocenters. The van der Waals surface area contributed by atoms with Crippen LogP contribution >= 0.6 is 11.6 Å². The maximum atomic E-state index is 12.2. The van der Waals surface area contributed by atoms with Gasteiger partial charge in [-0.1, -0.05) is 49.6 Å². The summed E-state index contributed by atoms with van der Waals surface area (Å²) >= 11 is 6.03. The average Bonchev–Trinajstić information content (AvgIpc) is 3.06. The van der Waals surface area contributed by atoms with Crippen molar-refractivity contribution in [2.45, 2.75) is 32.6 Å². The van der Waals surface area contributed by atoms with Crippen LogP contribution in [-0.4, -0.2) is 12.1 Å². The minimum Gasteiger partial charge on any atom is -0.273 e. The summed E-state index contributed by atoms with van der Waals surface area (Å²) in [7, 11) is 0. The SMILES string of the molecule is C[C@]12CCCC[C@@H]1[C@@H]2C(=O)N/N=C/c1ccccc1Cl. The molecular weight excluding hydrogens is 272 g/mol. The Labute approximate surface area is 124 Å². The lowest BCUT2D eigenvalue weighted by Crippen LogP contribution is -2.22. The van der Waals surface area contributed by atoms with Crippen LogP contribution < -0.4 is 5.43 Å². The number of halogens is 1. The first-order valence-corrected chi connectivity index (χ1v) is 7.58. The Morgan fingerprint density at radius 1 is 1.45 bits per heavy atom. The van der Waals surface area contributed by atoms with Crippen molar-refractivity contribution >= 4 is 23.7 Å². The van der Waals surface area contributed by atoms with Crippen molar-refractivity contribution < 1.29 is 4.79 Å². The number of carbonyl (C=O) groups excluding carboxylic acids is 1. The number of carbonyl (C=O) groups is 1. The Kier molecular flexibility index (Phi) is 3.55. The van der Waals surface area contributed by atoms with Crippen LogP contribution in [0.5, 0.6) is 0 Å². The van der Waals surface area contributed by atoms with Crippen LogP contribution in [0.15, 0.2) is 29.4 Å². The van der Waals surface area contributed by atoms with Crippen LogP contribution in [0, 0.1) is 17.3 Å². The Morgan fingerprint density at radius 3 is 2.95 bits per heavy atom. The van der Waals surface area contributed by atoms with Gasteiger partial charge in [0, 0.05) is 16.5 Å². The van der Waals surface area contributed by atoms with Crippen molar-refractivity contribution in [3.63, 3.8) is 0 Å². The van der Waals surface area contributed by atoms with E-state index < -0.39 is 0 Å². The molecule has 1 aromatic carbocycles. The summed E-state index contributed by atoms with van der Waals surface area (Å²) in [5.41, 5.74) is 3.71. The Hall–Kier alpha value is -1.35. The third-order valence-electron chi connectivity index (χ3n) is 4.90. The third kappa shape index (κ3) is 2.35. The number of nitrogens with zero attached hydrogens (tertiary/aromatic N) is 1. The molecule has 2 aliphatic carbocycles. The quantitative estimate of drug-likeness (QED) is 0.670. The fourth-order valence-electron chi connectivity index (χ4n) is 3.67. The second-order valence-corrected chi connectivity index (χ2v) is 6.50. The van der Waals surface area contributed by atoms with Gasteiger partial charge in [-0.05, 0) is 30.2 Å². The summed E-state index contributed by atoms with van der Waals surface area (Å²) in [5, 5.41) is 4.68. The first-order valence-electron chi connectivity index (χ1n) is 7.20. The Balaban J connectivity index is 1.60. The molecular formula is C16H19ClN2O. The molecule has 3 rings (SSSR count). The molecule has 106 valence electrons. The van der Waals surface area contributed by atoms with Crippen LogP contribution in [-0.2, 0) is 4.79 Å². The summed E-state index contributed by atoms with van der Waals surface area (Å²) in [4.78, 5) is 12.2. The molecule has 0 aliphatic heterocycles. The molecule has 1 aromatic rings. The van der Waals surface area contributed by atoms with E-state index in [9.17, 15) is 4.79 Å². The fourth-order valence-corrected chi connectivity index (χ4v) is 3.85. The summed E-state index contributed by atoms with van der Waals surface area (Å²) in [5.74, 6) is 0.767. The molecule has 0 unspecified atom stereocenters. The van der Waals surface area contributed by atoms with Crippen LogP contribution in [0.4, 0.5) is 0 Å². The lowest BCUT2D eigenvalue weighted by molar-refractivity contribution is -0.123. The van der Waals surface area contributed by atoms with Gasteiger partial charge in [-0.3, -0.25) is 4.79 Å². The van der Waals surface area contributed by atoms with Crippen LogP contribution in [0.3, 0.4) is 0 Å². The number of benzene rings is 1. The highest BCUT2D eigenvalue weighted by atomic mass is 35.5. The number of nitrogens with one attached hydrogen (secondary N) is 1. The molecule has 1 amide bonds. The van der Waals surface area contributed by atoms with Crippen molar-refractivity contribution in [1.29, 1.82) is 0 Å². The molecule has 0 bridgehead atoms. The van der Waals surface area contributed by atoms with E-state index >= 15 is 0 Å². The minimum atomic E-state index is 0.0581. The maximum Gasteiger partial charge on any atom is 0.244 e. The van der Waals surface area contributed by atoms with Crippen molar-refractivity contribution in [2.75, 3.05) is 0 Å². The summed E-state index contributed by atoms with van der Waals surface area (Å²) in [6.07, 6.45) is 6.47. The zero-order valence-electron chi connectivity index (χ0n) is 11.6. The smallest absolute Gasteiger partial charge is 0.244 e. The summed E-state index contributed by atoms with van der Waals surface area (Å²) < 4.78 is 0. The van der Waals surface area contributed by atoms with Crippen molar-refractivity contribution in [3.05, 3.63) is 34.9 Å². The molecule has 20 heavy (non-hydrogen) atoms. The van der Waals surface area contributed by atoms with Gasteiger partial charge in [0.05, 0.1) is 6.21 Å². The molecule has 0 saturated heterocycles. The van der Waals surface area contributed by atoms with E-state index in [0.29, 0.717) is 10.9 Å². The van der Waals surface area contributed by atoms with E-state index in [0.717, 1.165) is 5.56 Å². The van der Waals surface area contributed by atoms with E-state index in [1.54, 1.807) is 12.3 Å². The van der Waals surface area contributed by atoms with E-state index in [1.807, 2.05) is 18.2 Å². The molecule has 0 radical (unpaired) electrons. The predicted molar refractivity (Wildman–Crippen MR) is 80.7 cm³/mol. The molecule has 4 heteroatoms. The zero-order valence-corrected chi connectivity index (χ0v) is 12.4. The standard InChI is InChI=1S/C16H19ClN2O/c1-16-9-5-4-7-12(16)14(16)15(20)19-18-10-11-6-2-3-8-13(11)17/h2-3,6,8,10,12,14H,4-5,7,9H2,1H3,(H,19,20)/b18-10+/t12-,14-,16+/m1/s1. The van der Waals surface area contributed by atoms with E-state index in [4.69, 9.17) is 11.6 Å². The maximum absolute atomic E-state index is 12.2. The molecule has 0 spiro atoms. The predicted octanol–water partition coefficient (Wildman–Crippen LogP) is 3.62. The van der Waals surface area contributed by atoms with Crippen molar-refractivity contribution in [2.24, 2.45) is 22.4 Å². The molecule has 2 aliphatic rings. The largest absolute Gasteiger partial charge is 0.273 e. The lowest BCUT2D eigenvalue weighted by Gasteiger charge is -2.15.